The van der Waals surface area contributed by atoms with Crippen LogP contribution in [0.25, 0.3) is 16.2 Å². The number of nitrogens with one attached hydrogen (secondary N) is 1. The predicted molar refractivity (Wildman–Crippen MR) is 124 cm³/mol. The third kappa shape index (κ3) is 3.83. The van der Waals surface area contributed by atoms with E-state index in [1.54, 1.807) is 24.3 Å². The van der Waals surface area contributed by atoms with E-state index >= 15 is 0 Å². The van der Waals surface area contributed by atoms with Crippen LogP contribution in [0.3, 0.4) is 0 Å². The van der Waals surface area contributed by atoms with Gasteiger partial charge in [-0.2, -0.15) is 0 Å². The lowest BCUT2D eigenvalue weighted by Gasteiger charge is -2.12. The molecule has 1 fully saturated rings. The quantitative estimate of drug-likeness (QED) is 0.524. The molecule has 2 aliphatic heterocycles. The normalized spacial score (nSPS) is 16.4. The summed E-state index contributed by atoms with van der Waals surface area (Å²) in [6.45, 7) is 0.351. The number of ether oxygens (including phenoxy) is 2. The predicted octanol–water partition coefficient (Wildman–Crippen LogP) is 4.75. The number of benzene rings is 2. The second-order valence-electron chi connectivity index (χ2n) is 6.94. The molecule has 32 heavy (non-hydrogen) atoms. The van der Waals surface area contributed by atoms with E-state index < -0.39 is 5.91 Å². The van der Waals surface area contributed by atoms with Gasteiger partial charge in [0.1, 0.15) is 4.88 Å². The molecule has 3 amide bonds. The van der Waals surface area contributed by atoms with Gasteiger partial charge in [0.05, 0.1) is 9.93 Å². The minimum absolute atomic E-state index is 0.0669. The fourth-order valence-corrected chi connectivity index (χ4v) is 5.67. The van der Waals surface area contributed by atoms with E-state index in [-0.39, 0.29) is 31.0 Å². The second kappa shape index (κ2) is 8.50. The van der Waals surface area contributed by atoms with Crippen molar-refractivity contribution in [2.75, 3.05) is 19.9 Å². The molecule has 2 aliphatic rings. The van der Waals surface area contributed by atoms with Gasteiger partial charge in [-0.05, 0) is 41.6 Å². The number of thioether (sulfide) groups is 1. The maximum absolute atomic E-state index is 12.7. The van der Waals surface area contributed by atoms with E-state index in [9.17, 15) is 14.4 Å². The summed E-state index contributed by atoms with van der Waals surface area (Å²) in [7, 11) is 0. The third-order valence-corrected chi connectivity index (χ3v) is 7.51. The zero-order valence-corrected chi connectivity index (χ0v) is 18.8. The number of carbonyl (C=O) groups is 3. The summed E-state index contributed by atoms with van der Waals surface area (Å²) in [5.74, 6) is 0.510. The van der Waals surface area contributed by atoms with Crippen molar-refractivity contribution in [1.82, 2.24) is 10.2 Å². The van der Waals surface area contributed by atoms with Crippen molar-refractivity contribution in [3.63, 3.8) is 0 Å². The Bertz CT molecular complexity index is 1300. The highest BCUT2D eigenvalue weighted by Crippen LogP contribution is 2.37. The number of halogens is 1. The maximum atomic E-state index is 12.7. The van der Waals surface area contributed by atoms with Crippen molar-refractivity contribution in [1.29, 1.82) is 0 Å². The summed E-state index contributed by atoms with van der Waals surface area (Å²) >= 11 is 8.51. The van der Waals surface area contributed by atoms with Crippen molar-refractivity contribution < 1.29 is 23.9 Å². The first kappa shape index (κ1) is 20.9. The van der Waals surface area contributed by atoms with Gasteiger partial charge in [-0.25, -0.2) is 0 Å². The molecule has 5 rings (SSSR count). The van der Waals surface area contributed by atoms with Gasteiger partial charge in [0.2, 0.25) is 6.79 Å². The van der Waals surface area contributed by atoms with E-state index in [0.29, 0.717) is 26.3 Å². The van der Waals surface area contributed by atoms with Gasteiger partial charge >= 0.3 is 0 Å². The lowest BCUT2D eigenvalue weighted by molar-refractivity contribution is -0.122. The van der Waals surface area contributed by atoms with Crippen molar-refractivity contribution in [2.45, 2.75) is 0 Å². The zero-order valence-electron chi connectivity index (χ0n) is 16.4. The average molecular weight is 487 g/mol. The zero-order chi connectivity index (χ0) is 22.2. The van der Waals surface area contributed by atoms with Crippen LogP contribution in [0.1, 0.15) is 15.2 Å². The first-order valence-corrected chi connectivity index (χ1v) is 11.6. The molecule has 1 aromatic heterocycles. The molecule has 7 nitrogen and oxygen atoms in total. The van der Waals surface area contributed by atoms with E-state index in [0.717, 1.165) is 32.3 Å². The molecule has 1 saturated heterocycles. The summed E-state index contributed by atoms with van der Waals surface area (Å²) < 4.78 is 11.5. The van der Waals surface area contributed by atoms with Gasteiger partial charge in [0.25, 0.3) is 17.1 Å². The number of rotatable bonds is 5. The van der Waals surface area contributed by atoms with Crippen LogP contribution in [-0.2, 0) is 4.79 Å². The number of amides is 3. The standard InChI is InChI=1S/C22H15ClN2O5S2/c23-18-13-3-1-2-4-16(13)31-19(18)20(26)24-7-8-25-21(27)17(32-22(25)28)10-12-5-6-14-15(9-12)30-11-29-14/h1-6,9-10H,7-8,11H2,(H,24,26)/b17-10-. The highest BCUT2D eigenvalue weighted by atomic mass is 35.5. The topological polar surface area (TPSA) is 84.9 Å². The Morgan fingerprint density at radius 2 is 1.97 bits per heavy atom. The van der Waals surface area contributed by atoms with E-state index in [1.165, 1.54) is 11.3 Å². The molecule has 1 N–H and O–H groups in total. The Morgan fingerprint density at radius 3 is 2.81 bits per heavy atom. The lowest BCUT2D eigenvalue weighted by Crippen LogP contribution is -2.37. The number of imide groups is 1. The number of hydrogen-bond donors (Lipinski definition) is 1. The van der Waals surface area contributed by atoms with Crippen LogP contribution in [0.4, 0.5) is 4.79 Å². The summed E-state index contributed by atoms with van der Waals surface area (Å²) in [6, 6.07) is 12.8. The smallest absolute Gasteiger partial charge is 0.293 e. The second-order valence-corrected chi connectivity index (χ2v) is 9.37. The van der Waals surface area contributed by atoms with Crippen LogP contribution in [0.5, 0.6) is 11.5 Å². The third-order valence-electron chi connectivity index (χ3n) is 4.93. The van der Waals surface area contributed by atoms with Gasteiger partial charge in [-0.1, -0.05) is 35.9 Å². The molecule has 0 aliphatic carbocycles. The van der Waals surface area contributed by atoms with E-state index in [2.05, 4.69) is 5.32 Å². The van der Waals surface area contributed by atoms with Crippen LogP contribution >= 0.6 is 34.7 Å². The van der Waals surface area contributed by atoms with Crippen LogP contribution in [0, 0.1) is 0 Å². The van der Waals surface area contributed by atoms with E-state index in [1.807, 2.05) is 24.3 Å². The Balaban J connectivity index is 1.23. The highest BCUT2D eigenvalue weighted by Gasteiger charge is 2.34. The minimum atomic E-state index is -0.396. The Labute approximate surface area is 195 Å². The molecule has 0 bridgehead atoms. The van der Waals surface area contributed by atoms with Crippen molar-refractivity contribution in [3.8, 4) is 11.5 Å². The van der Waals surface area contributed by atoms with Crippen LogP contribution in [-0.4, -0.2) is 41.8 Å². The molecular weight excluding hydrogens is 472 g/mol. The van der Waals surface area contributed by atoms with E-state index in [4.69, 9.17) is 21.1 Å². The SMILES string of the molecule is O=C(NCCN1C(=O)S/C(=C\c2ccc3c(c2)OCO3)C1=O)c1sc2ccccc2c1Cl. The molecule has 10 heteroatoms. The minimum Gasteiger partial charge on any atom is -0.454 e. The molecular formula is C22H15ClN2O5S2. The largest absolute Gasteiger partial charge is 0.454 e. The number of fused-ring (bicyclic) bond motifs is 2. The molecule has 2 aromatic carbocycles. The van der Waals surface area contributed by atoms with Gasteiger partial charge in [-0.3, -0.25) is 19.3 Å². The lowest BCUT2D eigenvalue weighted by atomic mass is 10.2. The van der Waals surface area contributed by atoms with Crippen molar-refractivity contribution in [2.24, 2.45) is 0 Å². The summed E-state index contributed by atoms with van der Waals surface area (Å²) in [4.78, 5) is 39.4. The molecule has 3 heterocycles. The highest BCUT2D eigenvalue weighted by molar-refractivity contribution is 8.18. The monoisotopic (exact) mass is 486 g/mol. The van der Waals surface area contributed by atoms with Gasteiger partial charge in [0, 0.05) is 23.2 Å². The van der Waals surface area contributed by atoms with Gasteiger partial charge < -0.3 is 14.8 Å². The molecule has 162 valence electrons. The van der Waals surface area contributed by atoms with Crippen LogP contribution in [0.15, 0.2) is 47.4 Å². The molecule has 0 radical (unpaired) electrons. The molecule has 0 atom stereocenters. The fourth-order valence-electron chi connectivity index (χ4n) is 3.37. The summed E-state index contributed by atoms with van der Waals surface area (Å²) in [5, 5.41) is 3.59. The van der Waals surface area contributed by atoms with Crippen molar-refractivity contribution >= 4 is 67.9 Å². The van der Waals surface area contributed by atoms with Crippen LogP contribution < -0.4 is 14.8 Å². The first-order valence-electron chi connectivity index (χ1n) is 9.61. The van der Waals surface area contributed by atoms with Gasteiger partial charge in [-0.15, -0.1) is 11.3 Å². The Morgan fingerprint density at radius 1 is 1.16 bits per heavy atom. The first-order chi connectivity index (χ1) is 15.5. The summed E-state index contributed by atoms with van der Waals surface area (Å²) in [5.41, 5.74) is 0.729. The number of hydrogen-bond acceptors (Lipinski definition) is 7. The van der Waals surface area contributed by atoms with Crippen molar-refractivity contribution in [3.05, 3.63) is 62.8 Å². The average Bonchev–Trinajstić information content (AvgIpc) is 3.46. The molecule has 0 spiro atoms. The number of nitrogens with zero attached hydrogens (tertiary/aromatic N) is 1. The fraction of sp³-hybridized carbons (Fsp3) is 0.136. The van der Waals surface area contributed by atoms with Gasteiger partial charge in [0.15, 0.2) is 11.5 Å². The maximum Gasteiger partial charge on any atom is 0.293 e. The van der Waals surface area contributed by atoms with Crippen LogP contribution in [0.2, 0.25) is 5.02 Å². The number of thiophene rings is 1. The Kier molecular flexibility index (Phi) is 5.54. The Hall–Kier alpha value is -3.01. The molecule has 0 unspecified atom stereocenters. The molecule has 0 saturated carbocycles. The summed E-state index contributed by atoms with van der Waals surface area (Å²) in [6.07, 6.45) is 1.64. The molecule has 3 aromatic rings. The number of carbonyl (C=O) groups excluding carboxylic acids is 3.